The molecule has 1 aromatic carbocycles. The van der Waals surface area contributed by atoms with Crippen molar-refractivity contribution in [2.75, 3.05) is 13.1 Å². The number of aliphatic hydroxyl groups is 1. The molecule has 138 valence electrons. The smallest absolute Gasteiger partial charge is 0.230 e. The van der Waals surface area contributed by atoms with Gasteiger partial charge in [-0.25, -0.2) is 13.8 Å². The molecule has 0 spiro atoms. The standard InChI is InChI=1S/C17H18F2N4O2S/c1-9-20-17-23(21-9)16(25)15(26-17)14(22-6-4-11(24)5-7-22)10-2-3-12(18)13(19)8-10/h2-3,8,11,14,24-25H,4-7H2,1H3. The van der Waals surface area contributed by atoms with Crippen molar-refractivity contribution in [3.63, 3.8) is 0 Å². The van der Waals surface area contributed by atoms with Crippen LogP contribution in [0.3, 0.4) is 0 Å². The van der Waals surface area contributed by atoms with Crippen molar-refractivity contribution in [2.45, 2.75) is 31.9 Å². The largest absolute Gasteiger partial charge is 0.492 e. The fourth-order valence-corrected chi connectivity index (χ4v) is 4.54. The Balaban J connectivity index is 1.82. The minimum Gasteiger partial charge on any atom is -0.492 e. The highest BCUT2D eigenvalue weighted by Crippen LogP contribution is 2.41. The van der Waals surface area contributed by atoms with Crippen molar-refractivity contribution in [2.24, 2.45) is 0 Å². The molecule has 1 saturated heterocycles. The van der Waals surface area contributed by atoms with Crippen LogP contribution in [0.1, 0.15) is 35.1 Å². The van der Waals surface area contributed by atoms with Crippen LogP contribution in [0.5, 0.6) is 5.88 Å². The highest BCUT2D eigenvalue weighted by Gasteiger charge is 2.32. The molecule has 0 amide bonds. The summed E-state index contributed by atoms with van der Waals surface area (Å²) in [5.41, 5.74) is 0.539. The number of thiazole rings is 1. The fourth-order valence-electron chi connectivity index (χ4n) is 3.38. The summed E-state index contributed by atoms with van der Waals surface area (Å²) in [6.45, 7) is 2.89. The summed E-state index contributed by atoms with van der Waals surface area (Å²) in [5.74, 6) is -1.35. The van der Waals surface area contributed by atoms with E-state index in [0.717, 1.165) is 12.1 Å². The molecule has 3 aromatic rings. The van der Waals surface area contributed by atoms with Gasteiger partial charge in [-0.1, -0.05) is 17.4 Å². The first kappa shape index (κ1) is 17.3. The van der Waals surface area contributed by atoms with Crippen LogP contribution in [0.4, 0.5) is 8.78 Å². The topological polar surface area (TPSA) is 73.9 Å². The quantitative estimate of drug-likeness (QED) is 0.731. The number of fused-ring (bicyclic) bond motifs is 1. The Kier molecular flexibility index (Phi) is 4.37. The molecule has 0 saturated carbocycles. The first-order chi connectivity index (χ1) is 12.4. The molecular formula is C17H18F2N4O2S. The third-order valence-corrected chi connectivity index (χ3v) is 5.75. The van der Waals surface area contributed by atoms with Crippen LogP contribution in [-0.4, -0.2) is 48.9 Å². The summed E-state index contributed by atoms with van der Waals surface area (Å²) in [5, 5.41) is 24.6. The van der Waals surface area contributed by atoms with Gasteiger partial charge in [0.2, 0.25) is 10.8 Å². The predicted molar refractivity (Wildman–Crippen MR) is 92.3 cm³/mol. The summed E-state index contributed by atoms with van der Waals surface area (Å²) in [7, 11) is 0. The summed E-state index contributed by atoms with van der Waals surface area (Å²) in [6, 6.07) is 3.31. The Labute approximate surface area is 152 Å². The molecule has 0 bridgehead atoms. The van der Waals surface area contributed by atoms with E-state index in [2.05, 4.69) is 15.0 Å². The number of aromatic nitrogens is 3. The zero-order valence-corrected chi connectivity index (χ0v) is 14.9. The molecule has 1 fully saturated rings. The van der Waals surface area contributed by atoms with E-state index in [1.54, 1.807) is 6.92 Å². The summed E-state index contributed by atoms with van der Waals surface area (Å²) >= 11 is 1.27. The van der Waals surface area contributed by atoms with Gasteiger partial charge in [-0.05, 0) is 37.5 Å². The van der Waals surface area contributed by atoms with Gasteiger partial charge in [-0.15, -0.1) is 5.10 Å². The molecule has 2 N–H and O–H groups in total. The minimum atomic E-state index is -0.931. The van der Waals surface area contributed by atoms with Gasteiger partial charge < -0.3 is 10.2 Å². The lowest BCUT2D eigenvalue weighted by atomic mass is 9.99. The van der Waals surface area contributed by atoms with Crippen molar-refractivity contribution >= 4 is 16.3 Å². The molecule has 1 aliphatic rings. The van der Waals surface area contributed by atoms with Crippen LogP contribution < -0.4 is 0 Å². The van der Waals surface area contributed by atoms with E-state index >= 15 is 0 Å². The molecule has 4 rings (SSSR count). The Hall–Kier alpha value is -2.10. The van der Waals surface area contributed by atoms with Gasteiger partial charge in [-0.2, -0.15) is 4.52 Å². The molecule has 9 heteroatoms. The maximum atomic E-state index is 13.9. The number of benzene rings is 1. The van der Waals surface area contributed by atoms with Crippen LogP contribution in [0, 0.1) is 18.6 Å². The maximum Gasteiger partial charge on any atom is 0.230 e. The molecular weight excluding hydrogens is 362 g/mol. The summed E-state index contributed by atoms with van der Waals surface area (Å²) in [4.78, 5) is 7.44. The van der Waals surface area contributed by atoms with Crippen molar-refractivity contribution in [1.82, 2.24) is 19.5 Å². The average Bonchev–Trinajstić information content (AvgIpc) is 3.11. The number of rotatable bonds is 3. The van der Waals surface area contributed by atoms with E-state index in [4.69, 9.17) is 0 Å². The number of hydrogen-bond acceptors (Lipinski definition) is 6. The van der Waals surface area contributed by atoms with Crippen molar-refractivity contribution in [3.05, 3.63) is 46.1 Å². The number of aryl methyl sites for hydroxylation is 1. The number of halogens is 2. The van der Waals surface area contributed by atoms with Gasteiger partial charge >= 0.3 is 0 Å². The molecule has 26 heavy (non-hydrogen) atoms. The zero-order chi connectivity index (χ0) is 18.4. The number of hydrogen-bond donors (Lipinski definition) is 2. The SMILES string of the molecule is Cc1nc2sc(C(c3ccc(F)c(F)c3)N3CCC(O)CC3)c(O)n2n1. The number of piperidine rings is 1. The summed E-state index contributed by atoms with van der Waals surface area (Å²) < 4.78 is 28.6. The second-order valence-corrected chi connectivity index (χ2v) is 7.50. The lowest BCUT2D eigenvalue weighted by Gasteiger charge is -2.36. The van der Waals surface area contributed by atoms with E-state index in [1.807, 2.05) is 0 Å². The van der Waals surface area contributed by atoms with Crippen LogP contribution in [0.15, 0.2) is 18.2 Å². The Morgan fingerprint density at radius 2 is 1.96 bits per heavy atom. The summed E-state index contributed by atoms with van der Waals surface area (Å²) in [6.07, 6.45) is 0.803. The number of nitrogens with zero attached hydrogens (tertiary/aromatic N) is 4. The fraction of sp³-hybridized carbons (Fsp3) is 0.412. The molecule has 1 atom stereocenters. The minimum absolute atomic E-state index is 0.0496. The second-order valence-electron chi connectivity index (χ2n) is 6.49. The Bertz CT molecular complexity index is 950. The van der Waals surface area contributed by atoms with E-state index in [-0.39, 0.29) is 12.0 Å². The third-order valence-electron chi connectivity index (χ3n) is 4.68. The van der Waals surface area contributed by atoms with Gasteiger partial charge in [-0.3, -0.25) is 4.90 Å². The highest BCUT2D eigenvalue weighted by molar-refractivity contribution is 7.17. The van der Waals surface area contributed by atoms with Crippen molar-refractivity contribution < 1.29 is 19.0 Å². The van der Waals surface area contributed by atoms with Crippen LogP contribution in [0.25, 0.3) is 4.96 Å². The monoisotopic (exact) mass is 380 g/mol. The number of aromatic hydroxyl groups is 1. The maximum absolute atomic E-state index is 13.9. The van der Waals surface area contributed by atoms with E-state index in [0.29, 0.717) is 47.2 Å². The van der Waals surface area contributed by atoms with Crippen molar-refractivity contribution in [3.8, 4) is 5.88 Å². The van der Waals surface area contributed by atoms with E-state index in [9.17, 15) is 19.0 Å². The van der Waals surface area contributed by atoms with Crippen LogP contribution in [0.2, 0.25) is 0 Å². The number of aliphatic hydroxyl groups excluding tert-OH is 1. The van der Waals surface area contributed by atoms with Gasteiger partial charge in [0.05, 0.1) is 17.0 Å². The molecule has 0 radical (unpaired) electrons. The van der Waals surface area contributed by atoms with E-state index in [1.165, 1.54) is 21.9 Å². The normalized spacial score (nSPS) is 17.8. The van der Waals surface area contributed by atoms with E-state index < -0.39 is 17.7 Å². The predicted octanol–water partition coefficient (Wildman–Crippen LogP) is 2.63. The number of likely N-dealkylation sites (tertiary alicyclic amines) is 1. The second kappa shape index (κ2) is 6.57. The Morgan fingerprint density at radius 1 is 1.23 bits per heavy atom. The van der Waals surface area contributed by atoms with Gasteiger partial charge in [0, 0.05) is 13.1 Å². The molecule has 0 aliphatic carbocycles. The molecule has 1 aliphatic heterocycles. The first-order valence-corrected chi connectivity index (χ1v) is 9.18. The van der Waals surface area contributed by atoms with Crippen LogP contribution in [-0.2, 0) is 0 Å². The van der Waals surface area contributed by atoms with Crippen molar-refractivity contribution in [1.29, 1.82) is 0 Å². The first-order valence-electron chi connectivity index (χ1n) is 8.36. The average molecular weight is 380 g/mol. The zero-order valence-electron chi connectivity index (χ0n) is 14.1. The lowest BCUT2D eigenvalue weighted by molar-refractivity contribution is 0.0688. The van der Waals surface area contributed by atoms with Gasteiger partial charge in [0.1, 0.15) is 5.82 Å². The van der Waals surface area contributed by atoms with Gasteiger partial charge in [0.25, 0.3) is 0 Å². The lowest BCUT2D eigenvalue weighted by Crippen LogP contribution is -2.38. The Morgan fingerprint density at radius 3 is 2.62 bits per heavy atom. The molecule has 6 nitrogen and oxygen atoms in total. The molecule has 1 unspecified atom stereocenters. The third kappa shape index (κ3) is 2.95. The van der Waals surface area contributed by atoms with Gasteiger partial charge in [0.15, 0.2) is 11.6 Å². The molecule has 3 heterocycles. The molecule has 2 aromatic heterocycles. The van der Waals surface area contributed by atoms with Crippen LogP contribution >= 0.6 is 11.3 Å². The highest BCUT2D eigenvalue weighted by atomic mass is 32.1.